The van der Waals surface area contributed by atoms with E-state index in [1.807, 2.05) is 42.5 Å². The van der Waals surface area contributed by atoms with E-state index in [1.54, 1.807) is 0 Å². The molecular weight excluding hydrogens is 1500 g/mol. The standard InChI is InChI=1S/C59H39N3.C58H38N4/c1-4-14-40(15-5-1)47-37-54(43-16-6-2-7-17-43)60-55(38-47)44-26-24-41(25-27-44)42-28-32-49(33-29-42)62-56-22-12-10-20-50(56)52-34-30-46(39-59(52)62)45-31-35-58-53(36-45)51-21-11-13-23-57(51)61(58)48-18-8-3-9-19-48;1-4-14-41(15-5-1)52-38-53(42-16-6-2-7-17-42)60-58(59-52)43-26-24-39(25-27-43)40-28-32-47(33-29-40)62-54-22-12-10-20-48(54)50-34-30-45(37-57(50)62)44-31-35-56-51(36-44)49-21-11-13-23-55(49)61(56)46-18-8-3-9-19-46/h1-39H;1-38H. The van der Waals surface area contributed by atoms with Gasteiger partial charge >= 0.3 is 0 Å². The summed E-state index contributed by atoms with van der Waals surface area (Å²) in [7, 11) is 0. The molecule has 580 valence electrons. The summed E-state index contributed by atoms with van der Waals surface area (Å²) in [6.07, 6.45) is 0. The van der Waals surface area contributed by atoms with E-state index in [9.17, 15) is 0 Å². The van der Waals surface area contributed by atoms with Gasteiger partial charge in [0.1, 0.15) is 0 Å². The van der Waals surface area contributed by atoms with Crippen molar-refractivity contribution in [1.82, 2.24) is 33.2 Å². The van der Waals surface area contributed by atoms with Crippen LogP contribution >= 0.6 is 0 Å². The summed E-state index contributed by atoms with van der Waals surface area (Å²) in [5, 5.41) is 9.96. The zero-order valence-corrected chi connectivity index (χ0v) is 67.6. The highest BCUT2D eigenvalue weighted by Crippen LogP contribution is 2.43. The molecule has 0 spiro atoms. The third-order valence-electron chi connectivity index (χ3n) is 24.5. The lowest BCUT2D eigenvalue weighted by Gasteiger charge is -2.12. The third kappa shape index (κ3) is 13.2. The molecule has 7 heteroatoms. The molecule has 6 aromatic heterocycles. The summed E-state index contributed by atoms with van der Waals surface area (Å²) in [5.41, 5.74) is 34.9. The van der Waals surface area contributed by atoms with Crippen LogP contribution in [0.1, 0.15) is 0 Å². The number of aromatic nitrogens is 7. The molecule has 0 fully saturated rings. The first-order valence-electron chi connectivity index (χ1n) is 42.3. The molecule has 18 aromatic carbocycles. The van der Waals surface area contributed by atoms with Gasteiger partial charge in [-0.25, -0.2) is 15.0 Å². The van der Waals surface area contributed by atoms with Crippen LogP contribution in [0.2, 0.25) is 0 Å². The molecule has 0 radical (unpaired) electrons. The Morgan fingerprint density at radius 1 is 0.121 bits per heavy atom. The zero-order chi connectivity index (χ0) is 82.0. The van der Waals surface area contributed by atoms with Crippen molar-refractivity contribution in [3.05, 3.63) is 467 Å². The van der Waals surface area contributed by atoms with Crippen LogP contribution in [0.15, 0.2) is 467 Å². The topological polar surface area (TPSA) is 58.4 Å². The van der Waals surface area contributed by atoms with Crippen molar-refractivity contribution >= 4 is 87.2 Å². The molecule has 6 heterocycles. The maximum atomic E-state index is 5.15. The minimum atomic E-state index is 0.705. The highest BCUT2D eigenvalue weighted by molar-refractivity contribution is 6.15. The summed E-state index contributed by atoms with van der Waals surface area (Å²) < 4.78 is 9.56. The van der Waals surface area contributed by atoms with Crippen LogP contribution in [0.4, 0.5) is 0 Å². The van der Waals surface area contributed by atoms with E-state index in [4.69, 9.17) is 15.0 Å². The molecule has 0 aliphatic rings. The molecule has 0 aliphatic heterocycles. The zero-order valence-electron chi connectivity index (χ0n) is 67.6. The van der Waals surface area contributed by atoms with Gasteiger partial charge in [-0.15, -0.1) is 0 Å². The van der Waals surface area contributed by atoms with Crippen molar-refractivity contribution in [2.75, 3.05) is 0 Å². The Morgan fingerprint density at radius 3 is 0.734 bits per heavy atom. The fourth-order valence-corrected chi connectivity index (χ4v) is 18.4. The van der Waals surface area contributed by atoms with Gasteiger partial charge in [-0.3, -0.25) is 0 Å². The first-order chi connectivity index (χ1) is 61.5. The normalized spacial score (nSPS) is 11.5. The monoisotopic (exact) mass is 1580 g/mol. The molecule has 0 saturated heterocycles. The second kappa shape index (κ2) is 31.0. The smallest absolute Gasteiger partial charge is 0.160 e. The number of benzene rings is 18. The number of rotatable bonds is 14. The van der Waals surface area contributed by atoms with Gasteiger partial charge in [0.15, 0.2) is 5.82 Å². The van der Waals surface area contributed by atoms with Crippen molar-refractivity contribution < 1.29 is 0 Å². The second-order valence-corrected chi connectivity index (χ2v) is 31.8. The highest BCUT2D eigenvalue weighted by Gasteiger charge is 2.22. The van der Waals surface area contributed by atoms with Crippen LogP contribution in [0, 0.1) is 0 Å². The number of pyridine rings is 1. The van der Waals surface area contributed by atoms with Crippen molar-refractivity contribution in [2.24, 2.45) is 0 Å². The Balaban J connectivity index is 0.000000143. The fraction of sp³-hybridized carbons (Fsp3) is 0. The van der Waals surface area contributed by atoms with Crippen LogP contribution in [0.5, 0.6) is 0 Å². The molecule has 24 aromatic rings. The van der Waals surface area contributed by atoms with Gasteiger partial charge in [-0.05, 0) is 183 Å². The van der Waals surface area contributed by atoms with Gasteiger partial charge < -0.3 is 18.3 Å². The van der Waals surface area contributed by atoms with Gasteiger partial charge in [-0.2, -0.15) is 0 Å². The predicted octanol–water partition coefficient (Wildman–Crippen LogP) is 30.6. The number of para-hydroxylation sites is 6. The average molecular weight is 1580 g/mol. The van der Waals surface area contributed by atoms with Crippen molar-refractivity contribution in [2.45, 2.75) is 0 Å². The first-order valence-corrected chi connectivity index (χ1v) is 42.3. The van der Waals surface area contributed by atoms with Crippen molar-refractivity contribution in [1.29, 1.82) is 0 Å². The van der Waals surface area contributed by atoms with Crippen LogP contribution in [-0.4, -0.2) is 33.2 Å². The molecule has 0 bridgehead atoms. The van der Waals surface area contributed by atoms with E-state index in [-0.39, 0.29) is 0 Å². The maximum Gasteiger partial charge on any atom is 0.160 e. The Bertz CT molecular complexity index is 7540. The van der Waals surface area contributed by atoms with E-state index in [0.29, 0.717) is 5.82 Å². The molecule has 124 heavy (non-hydrogen) atoms. The lowest BCUT2D eigenvalue weighted by molar-refractivity contribution is 1.18. The van der Waals surface area contributed by atoms with E-state index >= 15 is 0 Å². The number of hydrogen-bond donors (Lipinski definition) is 0. The average Bonchev–Trinajstić information content (AvgIpc) is 1.59. The molecule has 0 aliphatic carbocycles. The summed E-state index contributed by atoms with van der Waals surface area (Å²) in [5.74, 6) is 0.705. The number of fused-ring (bicyclic) bond motifs is 12. The molecule has 0 saturated carbocycles. The maximum absolute atomic E-state index is 5.15. The Hall–Kier alpha value is -16.6. The lowest BCUT2D eigenvalue weighted by Crippen LogP contribution is -1.96. The predicted molar refractivity (Wildman–Crippen MR) is 518 cm³/mol. The summed E-state index contributed by atoms with van der Waals surface area (Å²) in [4.78, 5) is 15.2. The fourth-order valence-electron chi connectivity index (χ4n) is 18.4. The van der Waals surface area contributed by atoms with Crippen molar-refractivity contribution in [3.8, 4) is 135 Å². The van der Waals surface area contributed by atoms with Crippen LogP contribution in [-0.2, 0) is 0 Å². The summed E-state index contributed by atoms with van der Waals surface area (Å²) in [6.45, 7) is 0. The minimum Gasteiger partial charge on any atom is -0.309 e. The highest BCUT2D eigenvalue weighted by atomic mass is 15.0. The van der Waals surface area contributed by atoms with Crippen molar-refractivity contribution in [3.63, 3.8) is 0 Å². The third-order valence-corrected chi connectivity index (χ3v) is 24.5. The Morgan fingerprint density at radius 2 is 0.355 bits per heavy atom. The minimum absolute atomic E-state index is 0.705. The molecule has 0 atom stereocenters. The summed E-state index contributed by atoms with van der Waals surface area (Å²) in [6, 6.07) is 167. The van der Waals surface area contributed by atoms with E-state index in [2.05, 4.69) is 443 Å². The van der Waals surface area contributed by atoms with E-state index < -0.39 is 0 Å². The molecule has 24 rings (SSSR count). The second-order valence-electron chi connectivity index (χ2n) is 31.8. The number of hydrogen-bond acceptors (Lipinski definition) is 3. The van der Waals surface area contributed by atoms with Gasteiger partial charge in [-0.1, -0.05) is 340 Å². The van der Waals surface area contributed by atoms with Gasteiger partial charge in [0.05, 0.1) is 66.9 Å². The SMILES string of the molecule is c1ccc(-c2cc(-c3ccccc3)nc(-c3ccc(-c4ccc(-n5c6ccccc6c6ccc(-c7ccc8c(c7)c7ccccc7n8-c7ccccc7)cc65)cc4)cc3)c2)cc1.c1ccc(-c2cc(-c3ccccc3)nc(-c3ccc(-c4ccc(-n5c6ccccc6c6ccc(-c7ccc8c(c7)c7ccccc7n8-c7ccccc7)cc65)cc4)cc3)n2)cc1. The Labute approximate surface area is 717 Å². The van der Waals surface area contributed by atoms with Gasteiger partial charge in [0, 0.05) is 93.7 Å². The van der Waals surface area contributed by atoms with Gasteiger partial charge in [0.25, 0.3) is 0 Å². The van der Waals surface area contributed by atoms with E-state index in [0.717, 1.165) is 89.9 Å². The van der Waals surface area contributed by atoms with E-state index in [1.165, 1.54) is 126 Å². The van der Waals surface area contributed by atoms with Gasteiger partial charge in [0.2, 0.25) is 0 Å². The van der Waals surface area contributed by atoms with Crippen LogP contribution < -0.4 is 0 Å². The summed E-state index contributed by atoms with van der Waals surface area (Å²) >= 11 is 0. The quantitative estimate of drug-likeness (QED) is 0.109. The largest absolute Gasteiger partial charge is 0.309 e. The number of nitrogens with zero attached hydrogens (tertiary/aromatic N) is 7. The first kappa shape index (κ1) is 72.6. The lowest BCUT2D eigenvalue weighted by atomic mass is 9.98. The molecule has 0 amide bonds. The molecule has 7 nitrogen and oxygen atoms in total. The molecule has 0 unspecified atom stereocenters. The van der Waals surface area contributed by atoms with Crippen LogP contribution in [0.3, 0.4) is 0 Å². The van der Waals surface area contributed by atoms with Crippen LogP contribution in [0.25, 0.3) is 222 Å². The Kier molecular flexibility index (Phi) is 18.1. The molecule has 0 N–H and O–H groups in total. The molecular formula is C117H77N7.